The fraction of sp³-hybridized carbons (Fsp3) is 0.588. The lowest BCUT2D eigenvalue weighted by Crippen LogP contribution is -2.38. The highest BCUT2D eigenvalue weighted by Gasteiger charge is 2.36. The van der Waals surface area contributed by atoms with Crippen molar-refractivity contribution in [1.29, 1.82) is 0 Å². The molecule has 21 heavy (non-hydrogen) atoms. The van der Waals surface area contributed by atoms with Gasteiger partial charge in [-0.3, -0.25) is 10.1 Å². The molecule has 4 heteroatoms. The largest absolute Gasteiger partial charge is 0.496 e. The van der Waals surface area contributed by atoms with Gasteiger partial charge in [0.25, 0.3) is 0 Å². The van der Waals surface area contributed by atoms with Crippen LogP contribution in [-0.4, -0.2) is 30.5 Å². The van der Waals surface area contributed by atoms with E-state index in [0.717, 1.165) is 24.2 Å². The molecular weight excluding hydrogens is 264 g/mol. The molecule has 116 valence electrons. The highest BCUT2D eigenvalue weighted by Crippen LogP contribution is 2.32. The van der Waals surface area contributed by atoms with Crippen LogP contribution in [0, 0.1) is 5.92 Å². The molecule has 1 fully saturated rings. The highest BCUT2D eigenvalue weighted by molar-refractivity contribution is 5.81. The van der Waals surface area contributed by atoms with Crippen LogP contribution in [0.5, 0.6) is 5.75 Å². The van der Waals surface area contributed by atoms with Gasteiger partial charge in [0.1, 0.15) is 11.9 Å². The van der Waals surface area contributed by atoms with E-state index in [1.54, 1.807) is 7.11 Å². The first-order chi connectivity index (χ1) is 10.0. The standard InChI is InChI=1S/C17H26N2O2/c1-12(2)9-10-13(3)19-16(20)11-18-17(19)14-7-5-6-8-15(14)21-4/h5-8,12-13,17-18H,9-11H2,1-4H3. The summed E-state index contributed by atoms with van der Waals surface area (Å²) in [5.74, 6) is 1.65. The predicted molar refractivity (Wildman–Crippen MR) is 84.1 cm³/mol. The second-order valence-corrected chi connectivity index (χ2v) is 6.15. The summed E-state index contributed by atoms with van der Waals surface area (Å²) in [6.45, 7) is 6.97. The van der Waals surface area contributed by atoms with E-state index >= 15 is 0 Å². The number of hydrogen-bond donors (Lipinski definition) is 1. The molecule has 4 nitrogen and oxygen atoms in total. The number of para-hydroxylation sites is 1. The average Bonchev–Trinajstić information content (AvgIpc) is 2.86. The third-order valence-corrected chi connectivity index (χ3v) is 4.08. The first-order valence-corrected chi connectivity index (χ1v) is 7.72. The fourth-order valence-corrected chi connectivity index (χ4v) is 2.88. The average molecular weight is 290 g/mol. The van der Waals surface area contributed by atoms with Crippen molar-refractivity contribution in [2.24, 2.45) is 5.92 Å². The molecule has 1 heterocycles. The smallest absolute Gasteiger partial charge is 0.238 e. The molecule has 2 rings (SSSR count). The molecule has 0 aliphatic carbocycles. The Balaban J connectivity index is 2.20. The Hall–Kier alpha value is -1.55. The summed E-state index contributed by atoms with van der Waals surface area (Å²) >= 11 is 0. The first-order valence-electron chi connectivity index (χ1n) is 7.72. The Morgan fingerprint density at radius 1 is 1.29 bits per heavy atom. The summed E-state index contributed by atoms with van der Waals surface area (Å²) in [6, 6.07) is 8.13. The summed E-state index contributed by atoms with van der Waals surface area (Å²) in [7, 11) is 1.67. The lowest BCUT2D eigenvalue weighted by molar-refractivity contribution is -0.130. The molecule has 0 aromatic heterocycles. The van der Waals surface area contributed by atoms with Gasteiger partial charge in [0.05, 0.1) is 13.7 Å². The number of nitrogens with one attached hydrogen (secondary N) is 1. The van der Waals surface area contributed by atoms with Crippen molar-refractivity contribution in [3.8, 4) is 5.75 Å². The van der Waals surface area contributed by atoms with E-state index in [4.69, 9.17) is 4.74 Å². The van der Waals surface area contributed by atoms with Crippen molar-refractivity contribution < 1.29 is 9.53 Å². The summed E-state index contributed by atoms with van der Waals surface area (Å²) in [6.07, 6.45) is 2.07. The van der Waals surface area contributed by atoms with Crippen LogP contribution in [0.25, 0.3) is 0 Å². The van der Waals surface area contributed by atoms with Gasteiger partial charge in [-0.2, -0.15) is 0 Å². The number of methoxy groups -OCH3 is 1. The molecule has 2 unspecified atom stereocenters. The van der Waals surface area contributed by atoms with Crippen molar-refractivity contribution in [2.45, 2.75) is 45.8 Å². The number of carbonyl (C=O) groups excluding carboxylic acids is 1. The molecule has 1 saturated heterocycles. The van der Waals surface area contributed by atoms with Gasteiger partial charge in [-0.05, 0) is 31.7 Å². The molecule has 1 aromatic rings. The molecular formula is C17H26N2O2. The van der Waals surface area contributed by atoms with Crippen LogP contribution < -0.4 is 10.1 Å². The number of rotatable bonds is 6. The second kappa shape index (κ2) is 6.94. The van der Waals surface area contributed by atoms with E-state index in [1.165, 1.54) is 0 Å². The minimum Gasteiger partial charge on any atom is -0.496 e. The van der Waals surface area contributed by atoms with E-state index in [1.807, 2.05) is 29.2 Å². The van der Waals surface area contributed by atoms with Gasteiger partial charge < -0.3 is 9.64 Å². The van der Waals surface area contributed by atoms with Gasteiger partial charge in [-0.25, -0.2) is 0 Å². The summed E-state index contributed by atoms with van der Waals surface area (Å²) in [5, 5.41) is 3.31. The van der Waals surface area contributed by atoms with E-state index in [-0.39, 0.29) is 18.1 Å². The SMILES string of the molecule is COc1ccccc1C1NCC(=O)N1C(C)CCC(C)C. The van der Waals surface area contributed by atoms with Crippen LogP contribution in [0.15, 0.2) is 24.3 Å². The van der Waals surface area contributed by atoms with E-state index in [0.29, 0.717) is 12.5 Å². The normalized spacial score (nSPS) is 20.1. The maximum atomic E-state index is 12.3. The highest BCUT2D eigenvalue weighted by atomic mass is 16.5. The van der Waals surface area contributed by atoms with Crippen molar-refractivity contribution in [3.05, 3.63) is 29.8 Å². The van der Waals surface area contributed by atoms with Crippen molar-refractivity contribution in [2.75, 3.05) is 13.7 Å². The minimum atomic E-state index is -0.0872. The van der Waals surface area contributed by atoms with Crippen LogP contribution in [0.1, 0.15) is 45.3 Å². The number of benzene rings is 1. The van der Waals surface area contributed by atoms with E-state index in [2.05, 4.69) is 26.1 Å². The molecule has 1 aliphatic heterocycles. The molecule has 0 radical (unpaired) electrons. The van der Waals surface area contributed by atoms with Gasteiger partial charge in [0, 0.05) is 11.6 Å². The maximum Gasteiger partial charge on any atom is 0.238 e. The first kappa shape index (κ1) is 15.8. The van der Waals surface area contributed by atoms with E-state index in [9.17, 15) is 4.79 Å². The molecule has 0 bridgehead atoms. The predicted octanol–water partition coefficient (Wildman–Crippen LogP) is 2.95. The molecule has 1 N–H and O–H groups in total. The van der Waals surface area contributed by atoms with Crippen molar-refractivity contribution in [3.63, 3.8) is 0 Å². The molecule has 1 aromatic carbocycles. The molecule has 1 amide bonds. The summed E-state index contributed by atoms with van der Waals surface area (Å²) < 4.78 is 5.44. The Kier molecular flexibility index (Phi) is 5.23. The lowest BCUT2D eigenvalue weighted by atomic mass is 10.0. The Bertz CT molecular complexity index is 487. The molecule has 0 saturated carbocycles. The van der Waals surface area contributed by atoms with Crippen molar-refractivity contribution >= 4 is 5.91 Å². The zero-order valence-corrected chi connectivity index (χ0v) is 13.4. The van der Waals surface area contributed by atoms with Crippen LogP contribution in [-0.2, 0) is 4.79 Å². The number of nitrogens with zero attached hydrogens (tertiary/aromatic N) is 1. The zero-order chi connectivity index (χ0) is 15.4. The molecule has 0 spiro atoms. The number of carbonyl (C=O) groups is 1. The summed E-state index contributed by atoms with van der Waals surface area (Å²) in [5.41, 5.74) is 1.03. The van der Waals surface area contributed by atoms with Crippen LogP contribution in [0.4, 0.5) is 0 Å². The van der Waals surface area contributed by atoms with Crippen LogP contribution in [0.2, 0.25) is 0 Å². The third-order valence-electron chi connectivity index (χ3n) is 4.08. The molecule has 1 aliphatic rings. The maximum absolute atomic E-state index is 12.3. The monoisotopic (exact) mass is 290 g/mol. The van der Waals surface area contributed by atoms with Crippen LogP contribution >= 0.6 is 0 Å². The zero-order valence-electron chi connectivity index (χ0n) is 13.4. The second-order valence-electron chi connectivity index (χ2n) is 6.15. The minimum absolute atomic E-state index is 0.0872. The van der Waals surface area contributed by atoms with Crippen molar-refractivity contribution in [1.82, 2.24) is 10.2 Å². The van der Waals surface area contributed by atoms with Crippen LogP contribution in [0.3, 0.4) is 0 Å². The Morgan fingerprint density at radius 2 is 2.00 bits per heavy atom. The van der Waals surface area contributed by atoms with Gasteiger partial charge >= 0.3 is 0 Å². The van der Waals surface area contributed by atoms with Gasteiger partial charge in [0.2, 0.25) is 5.91 Å². The quantitative estimate of drug-likeness (QED) is 0.876. The number of ether oxygens (including phenoxy) is 1. The Morgan fingerprint density at radius 3 is 2.67 bits per heavy atom. The van der Waals surface area contributed by atoms with Gasteiger partial charge in [-0.15, -0.1) is 0 Å². The number of hydrogen-bond acceptors (Lipinski definition) is 3. The van der Waals surface area contributed by atoms with Gasteiger partial charge in [-0.1, -0.05) is 32.0 Å². The fourth-order valence-electron chi connectivity index (χ4n) is 2.88. The molecule has 2 atom stereocenters. The lowest BCUT2D eigenvalue weighted by Gasteiger charge is -2.31. The number of amides is 1. The van der Waals surface area contributed by atoms with Gasteiger partial charge in [0.15, 0.2) is 0 Å². The van der Waals surface area contributed by atoms with E-state index < -0.39 is 0 Å². The Labute approximate surface area is 127 Å². The summed E-state index contributed by atoms with van der Waals surface area (Å²) in [4.78, 5) is 14.2. The topological polar surface area (TPSA) is 41.6 Å². The third kappa shape index (κ3) is 3.56.